The number of carbonyl (C=O) groups is 2. The maximum atomic E-state index is 11.2. The lowest BCUT2D eigenvalue weighted by molar-refractivity contribution is -0.131. The zero-order valence-electron chi connectivity index (χ0n) is 9.81. The summed E-state index contributed by atoms with van der Waals surface area (Å²) in [5, 5.41) is 11.3. The van der Waals surface area contributed by atoms with Crippen LogP contribution in [0.2, 0.25) is 0 Å². The molecule has 0 spiro atoms. The number of aliphatic carboxylic acids is 1. The fraction of sp³-hybridized carbons (Fsp3) is 0.500. The van der Waals surface area contributed by atoms with Crippen molar-refractivity contribution < 1.29 is 19.4 Å². The van der Waals surface area contributed by atoms with Crippen molar-refractivity contribution in [3.8, 4) is 0 Å². The van der Waals surface area contributed by atoms with Gasteiger partial charge in [0.15, 0.2) is 0 Å². The Hall–Kier alpha value is -1.78. The molecule has 1 amide bonds. The Morgan fingerprint density at radius 2 is 2.41 bits per heavy atom. The fourth-order valence-corrected chi connectivity index (χ4v) is 1.72. The Morgan fingerprint density at radius 3 is 3.06 bits per heavy atom. The summed E-state index contributed by atoms with van der Waals surface area (Å²) < 4.78 is 4.80. The first-order valence-corrected chi connectivity index (χ1v) is 5.65. The molecule has 0 saturated carbocycles. The van der Waals surface area contributed by atoms with Gasteiger partial charge in [-0.2, -0.15) is 0 Å². The third-order valence-corrected chi connectivity index (χ3v) is 2.44. The lowest BCUT2D eigenvalue weighted by Crippen LogP contribution is -2.36. The van der Waals surface area contributed by atoms with Gasteiger partial charge in [-0.1, -0.05) is 12.2 Å². The highest BCUT2D eigenvalue weighted by molar-refractivity contribution is 5.80. The van der Waals surface area contributed by atoms with Crippen molar-refractivity contribution in [2.75, 3.05) is 6.61 Å². The molecule has 1 aliphatic rings. The van der Waals surface area contributed by atoms with Gasteiger partial charge in [-0.3, -0.25) is 0 Å². The SMILES string of the molecule is CCOC(=O)N[C@@H]1CCC=C(/C=C/C(=O)O)C1. The van der Waals surface area contributed by atoms with Gasteiger partial charge in [0.1, 0.15) is 0 Å². The monoisotopic (exact) mass is 239 g/mol. The van der Waals surface area contributed by atoms with Crippen LogP contribution in [0.15, 0.2) is 23.8 Å². The molecule has 0 saturated heterocycles. The number of carboxylic acids is 1. The lowest BCUT2D eigenvalue weighted by atomic mass is 9.94. The smallest absolute Gasteiger partial charge is 0.407 e. The summed E-state index contributed by atoms with van der Waals surface area (Å²) in [6, 6.07) is 0.0208. The van der Waals surface area contributed by atoms with E-state index in [1.807, 2.05) is 6.08 Å². The average Bonchev–Trinajstić information content (AvgIpc) is 2.27. The first-order valence-electron chi connectivity index (χ1n) is 5.65. The molecule has 5 heteroatoms. The second-order valence-electron chi connectivity index (χ2n) is 3.79. The number of carbonyl (C=O) groups excluding carboxylic acids is 1. The van der Waals surface area contributed by atoms with Crippen molar-refractivity contribution in [2.45, 2.75) is 32.2 Å². The molecule has 0 fully saturated rings. The van der Waals surface area contributed by atoms with Gasteiger partial charge in [0.25, 0.3) is 0 Å². The predicted molar refractivity (Wildman–Crippen MR) is 62.7 cm³/mol. The lowest BCUT2D eigenvalue weighted by Gasteiger charge is -2.22. The Kier molecular flexibility index (Phi) is 5.26. The minimum Gasteiger partial charge on any atom is -0.478 e. The Morgan fingerprint density at radius 1 is 1.65 bits per heavy atom. The Bertz CT molecular complexity index is 346. The van der Waals surface area contributed by atoms with Crippen LogP contribution in [0.4, 0.5) is 4.79 Å². The van der Waals surface area contributed by atoms with E-state index in [-0.39, 0.29) is 6.04 Å². The molecular formula is C12H17NO4. The summed E-state index contributed by atoms with van der Waals surface area (Å²) in [6.45, 7) is 2.10. The minimum absolute atomic E-state index is 0.0208. The predicted octanol–water partition coefficient (Wildman–Crippen LogP) is 1.85. The molecule has 0 unspecified atom stereocenters. The minimum atomic E-state index is -0.966. The highest BCUT2D eigenvalue weighted by Crippen LogP contribution is 2.19. The van der Waals surface area contributed by atoms with E-state index in [9.17, 15) is 9.59 Å². The van der Waals surface area contributed by atoms with E-state index in [0.717, 1.165) is 24.5 Å². The molecule has 94 valence electrons. The van der Waals surface area contributed by atoms with Gasteiger partial charge in [0.05, 0.1) is 6.61 Å². The van der Waals surface area contributed by atoms with Crippen LogP contribution in [0.3, 0.4) is 0 Å². The van der Waals surface area contributed by atoms with Crippen LogP contribution in [-0.2, 0) is 9.53 Å². The molecule has 0 aromatic heterocycles. The first-order chi connectivity index (χ1) is 8.11. The summed E-state index contributed by atoms with van der Waals surface area (Å²) in [5.74, 6) is -0.966. The normalized spacial score (nSPS) is 19.8. The number of carboxylic acid groups (broad SMARTS) is 1. The summed E-state index contributed by atoms with van der Waals surface area (Å²) in [4.78, 5) is 21.6. The maximum absolute atomic E-state index is 11.2. The fourth-order valence-electron chi connectivity index (χ4n) is 1.72. The van der Waals surface area contributed by atoms with Crippen LogP contribution in [0.25, 0.3) is 0 Å². The standard InChI is InChI=1S/C12H17NO4/c1-2-17-12(16)13-10-5-3-4-9(8-10)6-7-11(14)15/h4,6-7,10H,2-3,5,8H2,1H3,(H,13,16)(H,14,15)/b7-6+/t10-/m1/s1. The van der Waals surface area contributed by atoms with Crippen LogP contribution in [0.5, 0.6) is 0 Å². The number of amides is 1. The number of nitrogens with one attached hydrogen (secondary N) is 1. The van der Waals surface area contributed by atoms with Crippen molar-refractivity contribution in [1.82, 2.24) is 5.32 Å². The zero-order valence-corrected chi connectivity index (χ0v) is 9.81. The first kappa shape index (κ1) is 13.3. The van der Waals surface area contributed by atoms with Gasteiger partial charge in [-0.15, -0.1) is 0 Å². The molecule has 0 bridgehead atoms. The van der Waals surface area contributed by atoms with Crippen molar-refractivity contribution in [3.63, 3.8) is 0 Å². The molecule has 0 aromatic carbocycles. The number of rotatable bonds is 4. The van der Waals surface area contributed by atoms with Gasteiger partial charge < -0.3 is 15.2 Å². The van der Waals surface area contributed by atoms with Crippen LogP contribution in [0, 0.1) is 0 Å². The number of alkyl carbamates (subject to hydrolysis) is 1. The highest BCUT2D eigenvalue weighted by atomic mass is 16.5. The van der Waals surface area contributed by atoms with E-state index in [1.54, 1.807) is 13.0 Å². The van der Waals surface area contributed by atoms with Crippen LogP contribution >= 0.6 is 0 Å². The average molecular weight is 239 g/mol. The Labute approximate surface area is 100 Å². The van der Waals surface area contributed by atoms with Gasteiger partial charge in [-0.05, 0) is 31.8 Å². The molecule has 0 heterocycles. The van der Waals surface area contributed by atoms with Crippen molar-refractivity contribution in [1.29, 1.82) is 0 Å². The second kappa shape index (κ2) is 6.73. The number of allylic oxidation sites excluding steroid dienone is 2. The van der Waals surface area contributed by atoms with Gasteiger partial charge in [-0.25, -0.2) is 9.59 Å². The molecule has 0 aromatic rings. The van der Waals surface area contributed by atoms with Gasteiger partial charge >= 0.3 is 12.1 Å². The molecule has 0 aliphatic heterocycles. The summed E-state index contributed by atoms with van der Waals surface area (Å²) in [7, 11) is 0. The van der Waals surface area contributed by atoms with Crippen LogP contribution in [-0.4, -0.2) is 29.8 Å². The molecule has 5 nitrogen and oxygen atoms in total. The molecule has 1 rings (SSSR count). The van der Waals surface area contributed by atoms with Crippen LogP contribution in [0.1, 0.15) is 26.2 Å². The van der Waals surface area contributed by atoms with E-state index in [1.165, 1.54) is 0 Å². The van der Waals surface area contributed by atoms with E-state index in [2.05, 4.69) is 5.32 Å². The molecule has 2 N–H and O–H groups in total. The molecule has 1 aliphatic carbocycles. The van der Waals surface area contributed by atoms with E-state index in [4.69, 9.17) is 9.84 Å². The molecular weight excluding hydrogens is 222 g/mol. The van der Waals surface area contributed by atoms with Gasteiger partial charge in [0, 0.05) is 12.1 Å². The largest absolute Gasteiger partial charge is 0.478 e. The van der Waals surface area contributed by atoms with Gasteiger partial charge in [0.2, 0.25) is 0 Å². The third kappa shape index (κ3) is 5.19. The number of hydrogen-bond donors (Lipinski definition) is 2. The second-order valence-corrected chi connectivity index (χ2v) is 3.79. The summed E-state index contributed by atoms with van der Waals surface area (Å²) in [5.41, 5.74) is 0.931. The molecule has 1 atom stereocenters. The quantitative estimate of drug-likeness (QED) is 0.734. The van der Waals surface area contributed by atoms with Crippen molar-refractivity contribution >= 4 is 12.1 Å². The highest BCUT2D eigenvalue weighted by Gasteiger charge is 2.16. The van der Waals surface area contributed by atoms with Crippen LogP contribution < -0.4 is 5.32 Å². The summed E-state index contributed by atoms with van der Waals surface area (Å²) >= 11 is 0. The van der Waals surface area contributed by atoms with Crippen molar-refractivity contribution in [3.05, 3.63) is 23.8 Å². The van der Waals surface area contributed by atoms with E-state index >= 15 is 0 Å². The number of hydrogen-bond acceptors (Lipinski definition) is 3. The number of ether oxygens (including phenoxy) is 1. The van der Waals surface area contributed by atoms with Crippen molar-refractivity contribution in [2.24, 2.45) is 0 Å². The topological polar surface area (TPSA) is 75.6 Å². The Balaban J connectivity index is 2.45. The third-order valence-electron chi connectivity index (χ3n) is 2.44. The van der Waals surface area contributed by atoms with E-state index < -0.39 is 12.1 Å². The summed E-state index contributed by atoms with van der Waals surface area (Å²) in [6.07, 6.45) is 6.58. The maximum Gasteiger partial charge on any atom is 0.407 e. The van der Waals surface area contributed by atoms with E-state index in [0.29, 0.717) is 13.0 Å². The zero-order chi connectivity index (χ0) is 12.7. The molecule has 17 heavy (non-hydrogen) atoms. The molecule has 0 radical (unpaired) electrons.